The summed E-state index contributed by atoms with van der Waals surface area (Å²) in [4.78, 5) is 35.9. The summed E-state index contributed by atoms with van der Waals surface area (Å²) < 4.78 is 15.5. The van der Waals surface area contributed by atoms with Gasteiger partial charge in [0, 0.05) is 20.4 Å². The molecule has 22 heavy (non-hydrogen) atoms. The molecule has 7 heteroatoms. The fourth-order valence-electron chi connectivity index (χ4n) is 1.98. The molecule has 1 heterocycles. The summed E-state index contributed by atoms with van der Waals surface area (Å²) in [6.07, 6.45) is 2.15. The molecule has 0 unspecified atom stereocenters. The highest BCUT2D eigenvalue weighted by molar-refractivity contribution is 5.70. The number of ether oxygens (including phenoxy) is 3. The van der Waals surface area contributed by atoms with Crippen LogP contribution in [0.3, 0.4) is 0 Å². The maximum absolute atomic E-state index is 12.3. The molecule has 124 valence electrons. The second-order valence-electron chi connectivity index (χ2n) is 6.00. The Hall–Kier alpha value is -2.05. The molecule has 1 aliphatic heterocycles. The number of hydrogen-bond acceptors (Lipinski definition) is 6. The fourth-order valence-corrected chi connectivity index (χ4v) is 1.98. The van der Waals surface area contributed by atoms with Gasteiger partial charge in [-0.25, -0.2) is 4.79 Å². The van der Waals surface area contributed by atoms with Crippen LogP contribution in [0.15, 0.2) is 12.2 Å². The first-order valence-corrected chi connectivity index (χ1v) is 7.07. The summed E-state index contributed by atoms with van der Waals surface area (Å²) in [6.45, 7) is 8.05. The van der Waals surface area contributed by atoms with Gasteiger partial charge in [0.25, 0.3) is 0 Å². The van der Waals surface area contributed by atoms with E-state index in [2.05, 4.69) is 0 Å². The van der Waals surface area contributed by atoms with Crippen molar-refractivity contribution in [2.45, 2.75) is 52.4 Å². The van der Waals surface area contributed by atoms with E-state index in [0.29, 0.717) is 6.54 Å². The number of esters is 2. The van der Waals surface area contributed by atoms with E-state index < -0.39 is 35.8 Å². The number of carbonyl (C=O) groups excluding carboxylic acids is 3. The van der Waals surface area contributed by atoms with Gasteiger partial charge in [0.15, 0.2) is 0 Å². The van der Waals surface area contributed by atoms with E-state index in [1.54, 1.807) is 32.9 Å². The molecule has 0 saturated carbocycles. The molecular formula is C15H23NO6. The highest BCUT2D eigenvalue weighted by atomic mass is 16.6. The lowest BCUT2D eigenvalue weighted by atomic mass is 10.1. The molecular weight excluding hydrogens is 290 g/mol. The molecule has 0 bridgehead atoms. The lowest BCUT2D eigenvalue weighted by Crippen LogP contribution is -2.53. The van der Waals surface area contributed by atoms with Crippen molar-refractivity contribution in [1.29, 1.82) is 0 Å². The maximum Gasteiger partial charge on any atom is 0.411 e. The van der Waals surface area contributed by atoms with Crippen LogP contribution in [0.2, 0.25) is 0 Å². The van der Waals surface area contributed by atoms with Crippen LogP contribution in [0.1, 0.15) is 34.6 Å². The van der Waals surface area contributed by atoms with Crippen LogP contribution in [0, 0.1) is 0 Å². The topological polar surface area (TPSA) is 82.1 Å². The predicted octanol–water partition coefficient (Wildman–Crippen LogP) is 1.66. The molecule has 0 N–H and O–H groups in total. The Labute approximate surface area is 130 Å². The minimum absolute atomic E-state index is 0.0726. The molecule has 2 atom stereocenters. The van der Waals surface area contributed by atoms with Crippen LogP contribution in [-0.4, -0.2) is 53.8 Å². The summed E-state index contributed by atoms with van der Waals surface area (Å²) in [5.41, 5.74) is -0.652. The van der Waals surface area contributed by atoms with Gasteiger partial charge in [0.05, 0.1) is 0 Å². The number of hydrogen-bond donors (Lipinski definition) is 0. The molecule has 0 radical (unpaired) electrons. The van der Waals surface area contributed by atoms with Crippen molar-refractivity contribution in [3.05, 3.63) is 12.2 Å². The molecule has 1 aliphatic rings. The van der Waals surface area contributed by atoms with E-state index >= 15 is 0 Å². The highest BCUT2D eigenvalue weighted by Gasteiger charge is 2.36. The molecule has 0 fully saturated rings. The van der Waals surface area contributed by atoms with Crippen molar-refractivity contribution in [1.82, 2.24) is 4.90 Å². The third-order valence-electron chi connectivity index (χ3n) is 2.79. The third kappa shape index (κ3) is 5.75. The molecule has 0 aromatic rings. The predicted molar refractivity (Wildman–Crippen MR) is 78.1 cm³/mol. The van der Waals surface area contributed by atoms with Crippen LogP contribution in [0.25, 0.3) is 0 Å². The molecule has 1 rings (SSSR count). The first-order chi connectivity index (χ1) is 10.1. The Kier molecular flexibility index (Phi) is 5.96. The average Bonchev–Trinajstić information content (AvgIpc) is 2.33. The lowest BCUT2D eigenvalue weighted by molar-refractivity contribution is -0.151. The molecule has 0 spiro atoms. The molecule has 0 aromatic heterocycles. The van der Waals surface area contributed by atoms with Crippen molar-refractivity contribution >= 4 is 18.0 Å². The zero-order valence-corrected chi connectivity index (χ0v) is 13.6. The largest absolute Gasteiger partial charge is 0.464 e. The minimum atomic E-state index is -0.682. The van der Waals surface area contributed by atoms with Gasteiger partial charge in [0.2, 0.25) is 0 Å². The van der Waals surface area contributed by atoms with Gasteiger partial charge in [-0.2, -0.15) is 0 Å². The van der Waals surface area contributed by atoms with Gasteiger partial charge in [0.1, 0.15) is 24.4 Å². The summed E-state index contributed by atoms with van der Waals surface area (Å²) in [5, 5.41) is 0. The molecule has 7 nitrogen and oxygen atoms in total. The van der Waals surface area contributed by atoms with Gasteiger partial charge in [-0.1, -0.05) is 6.08 Å². The van der Waals surface area contributed by atoms with Gasteiger partial charge in [-0.3, -0.25) is 14.5 Å². The molecule has 0 saturated heterocycles. The Balaban J connectivity index is 2.91. The lowest BCUT2D eigenvalue weighted by Gasteiger charge is -2.37. The quantitative estimate of drug-likeness (QED) is 0.448. The van der Waals surface area contributed by atoms with E-state index in [1.807, 2.05) is 0 Å². The van der Waals surface area contributed by atoms with Crippen molar-refractivity contribution in [2.75, 3.05) is 13.2 Å². The van der Waals surface area contributed by atoms with Crippen LogP contribution >= 0.6 is 0 Å². The Morgan fingerprint density at radius 3 is 2.32 bits per heavy atom. The van der Waals surface area contributed by atoms with Gasteiger partial charge >= 0.3 is 18.0 Å². The monoisotopic (exact) mass is 313 g/mol. The van der Waals surface area contributed by atoms with Gasteiger partial charge in [-0.15, -0.1) is 0 Å². The van der Waals surface area contributed by atoms with Crippen LogP contribution < -0.4 is 0 Å². The van der Waals surface area contributed by atoms with Crippen LogP contribution in [0.5, 0.6) is 0 Å². The summed E-state index contributed by atoms with van der Waals surface area (Å²) in [5.74, 6) is -0.950. The van der Waals surface area contributed by atoms with Crippen LogP contribution in [0.4, 0.5) is 4.79 Å². The Morgan fingerprint density at radius 1 is 1.18 bits per heavy atom. The molecule has 1 amide bonds. The normalized spacial score (nSPS) is 21.2. The van der Waals surface area contributed by atoms with E-state index in [0.717, 1.165) is 0 Å². The first-order valence-electron chi connectivity index (χ1n) is 7.07. The third-order valence-corrected chi connectivity index (χ3v) is 2.79. The average molecular weight is 313 g/mol. The Morgan fingerprint density at radius 2 is 1.82 bits per heavy atom. The van der Waals surface area contributed by atoms with E-state index in [1.165, 1.54) is 18.7 Å². The van der Waals surface area contributed by atoms with Crippen molar-refractivity contribution in [3.8, 4) is 0 Å². The first kappa shape index (κ1) is 18.0. The minimum Gasteiger partial charge on any atom is -0.464 e. The second kappa shape index (κ2) is 7.29. The van der Waals surface area contributed by atoms with Crippen molar-refractivity contribution in [3.63, 3.8) is 0 Å². The SMILES string of the molecule is CC(=O)OC[C@H]1[C@@H](OC(C)=O)C=CCN1C(=O)OC(C)(C)C. The van der Waals surface area contributed by atoms with Gasteiger partial charge < -0.3 is 14.2 Å². The standard InChI is InChI=1S/C15H23NO6/c1-10(17)20-9-12-13(21-11(2)18)7-6-8-16(12)14(19)22-15(3,4)5/h6-7,12-13H,8-9H2,1-5H3/t12-,13-/m0/s1. The zero-order chi connectivity index (χ0) is 16.9. The number of carbonyl (C=O) groups is 3. The van der Waals surface area contributed by atoms with E-state index in [9.17, 15) is 14.4 Å². The highest BCUT2D eigenvalue weighted by Crippen LogP contribution is 2.20. The maximum atomic E-state index is 12.3. The summed E-state index contributed by atoms with van der Waals surface area (Å²) in [7, 11) is 0. The molecule has 0 aromatic carbocycles. The summed E-state index contributed by atoms with van der Waals surface area (Å²) >= 11 is 0. The number of rotatable bonds is 3. The van der Waals surface area contributed by atoms with E-state index in [4.69, 9.17) is 14.2 Å². The van der Waals surface area contributed by atoms with Crippen molar-refractivity contribution in [2.24, 2.45) is 0 Å². The fraction of sp³-hybridized carbons (Fsp3) is 0.667. The number of nitrogens with zero attached hydrogens (tertiary/aromatic N) is 1. The van der Waals surface area contributed by atoms with Crippen molar-refractivity contribution < 1.29 is 28.6 Å². The van der Waals surface area contributed by atoms with Crippen LogP contribution in [-0.2, 0) is 23.8 Å². The molecule has 0 aliphatic carbocycles. The zero-order valence-electron chi connectivity index (χ0n) is 13.6. The second-order valence-corrected chi connectivity index (χ2v) is 6.00. The van der Waals surface area contributed by atoms with Gasteiger partial charge in [-0.05, 0) is 26.8 Å². The number of amides is 1. The Bertz CT molecular complexity index is 465. The van der Waals surface area contributed by atoms with E-state index in [-0.39, 0.29) is 6.61 Å². The smallest absolute Gasteiger partial charge is 0.411 e. The summed E-state index contributed by atoms with van der Waals surface area (Å²) in [6, 6.07) is -0.618.